The van der Waals surface area contributed by atoms with Crippen molar-refractivity contribution < 1.29 is 0 Å². The average molecular weight is 253 g/mol. The van der Waals surface area contributed by atoms with Crippen LogP contribution in [-0.4, -0.2) is 28.3 Å². The Balaban J connectivity index is 1.82. The summed E-state index contributed by atoms with van der Waals surface area (Å²) in [6, 6.07) is 0.649. The molecule has 1 aromatic rings. The highest BCUT2D eigenvalue weighted by Crippen LogP contribution is 2.28. The summed E-state index contributed by atoms with van der Waals surface area (Å²) in [4.78, 5) is 7.43. The lowest BCUT2D eigenvalue weighted by Crippen LogP contribution is -2.39. The van der Waals surface area contributed by atoms with Crippen LogP contribution in [-0.2, 0) is 0 Å². The van der Waals surface area contributed by atoms with Crippen molar-refractivity contribution in [2.45, 2.75) is 50.2 Å². The van der Waals surface area contributed by atoms with E-state index in [-0.39, 0.29) is 0 Å². The van der Waals surface area contributed by atoms with Crippen LogP contribution in [0.5, 0.6) is 0 Å². The minimum absolute atomic E-state index is 0.649. The van der Waals surface area contributed by atoms with Crippen molar-refractivity contribution in [2.75, 3.05) is 12.3 Å². The lowest BCUT2D eigenvalue weighted by atomic mass is 9.84. The van der Waals surface area contributed by atoms with Gasteiger partial charge in [0.2, 0.25) is 0 Å². The normalized spacial score (nSPS) is 19.4. The molecular formula is C13H23N3S. The summed E-state index contributed by atoms with van der Waals surface area (Å²) in [5.74, 6) is 2.00. The number of thioether (sulfide) groups is 1. The van der Waals surface area contributed by atoms with Gasteiger partial charge in [0.05, 0.1) is 0 Å². The summed E-state index contributed by atoms with van der Waals surface area (Å²) in [5.41, 5.74) is 0. The van der Waals surface area contributed by atoms with Crippen LogP contribution in [0.2, 0.25) is 0 Å². The molecule has 1 aromatic heterocycles. The Morgan fingerprint density at radius 2 is 2.29 bits per heavy atom. The number of H-pyrrole nitrogens is 1. The zero-order chi connectivity index (χ0) is 11.9. The topological polar surface area (TPSA) is 40.7 Å². The zero-order valence-corrected chi connectivity index (χ0v) is 11.4. The van der Waals surface area contributed by atoms with Crippen LogP contribution in [0.15, 0.2) is 17.6 Å². The minimum atomic E-state index is 0.649. The van der Waals surface area contributed by atoms with Crippen LogP contribution in [0.3, 0.4) is 0 Å². The maximum atomic E-state index is 4.27. The number of aromatic nitrogens is 2. The van der Waals surface area contributed by atoms with Crippen molar-refractivity contribution in [3.63, 3.8) is 0 Å². The van der Waals surface area contributed by atoms with Crippen molar-refractivity contribution in [3.05, 3.63) is 12.4 Å². The first-order valence-corrected chi connectivity index (χ1v) is 7.74. The Morgan fingerprint density at radius 3 is 2.94 bits per heavy atom. The summed E-state index contributed by atoms with van der Waals surface area (Å²) < 4.78 is 0. The molecule has 2 rings (SSSR count). The second-order valence-electron chi connectivity index (χ2n) is 4.77. The molecule has 0 saturated heterocycles. The van der Waals surface area contributed by atoms with Crippen molar-refractivity contribution in [3.8, 4) is 0 Å². The molecule has 1 atom stereocenters. The van der Waals surface area contributed by atoms with Gasteiger partial charge in [-0.05, 0) is 25.3 Å². The molecule has 0 amide bonds. The molecule has 1 fully saturated rings. The van der Waals surface area contributed by atoms with Crippen molar-refractivity contribution in [1.82, 2.24) is 15.3 Å². The fraction of sp³-hybridized carbons (Fsp3) is 0.769. The lowest BCUT2D eigenvalue weighted by Gasteiger charge is -2.30. The number of imidazole rings is 1. The van der Waals surface area contributed by atoms with E-state index in [9.17, 15) is 0 Å². The first-order chi connectivity index (χ1) is 8.40. The molecule has 1 saturated carbocycles. The van der Waals surface area contributed by atoms with Crippen molar-refractivity contribution in [2.24, 2.45) is 5.92 Å². The van der Waals surface area contributed by atoms with E-state index in [0.29, 0.717) is 6.04 Å². The predicted molar refractivity (Wildman–Crippen MR) is 73.4 cm³/mol. The van der Waals surface area contributed by atoms with Crippen LogP contribution in [0.1, 0.15) is 39.0 Å². The third-order valence-electron chi connectivity index (χ3n) is 3.56. The van der Waals surface area contributed by atoms with Crippen molar-refractivity contribution >= 4 is 11.8 Å². The van der Waals surface area contributed by atoms with Crippen LogP contribution in [0.4, 0.5) is 0 Å². The van der Waals surface area contributed by atoms with E-state index in [2.05, 4.69) is 22.2 Å². The fourth-order valence-electron chi connectivity index (χ4n) is 2.66. The number of hydrogen-bond donors (Lipinski definition) is 2. The molecule has 96 valence electrons. The number of hydrogen-bond acceptors (Lipinski definition) is 3. The number of nitrogens with one attached hydrogen (secondary N) is 2. The van der Waals surface area contributed by atoms with Gasteiger partial charge in [0, 0.05) is 24.2 Å². The zero-order valence-electron chi connectivity index (χ0n) is 10.6. The standard InChI is InChI=1S/C13H23N3S/c1-2-14-12(11-6-4-3-5-7-11)10-17-13-15-8-9-16-13/h8-9,11-12,14H,2-7,10H2,1H3,(H,15,16). The fourth-order valence-corrected chi connectivity index (χ4v) is 3.67. The summed E-state index contributed by atoms with van der Waals surface area (Å²) >= 11 is 1.84. The molecular weight excluding hydrogens is 230 g/mol. The molecule has 3 nitrogen and oxygen atoms in total. The SMILES string of the molecule is CCNC(CSc1ncc[nH]1)C1CCCCC1. The summed E-state index contributed by atoms with van der Waals surface area (Å²) in [5, 5.41) is 4.70. The van der Waals surface area contributed by atoms with E-state index < -0.39 is 0 Å². The van der Waals surface area contributed by atoms with Crippen LogP contribution in [0.25, 0.3) is 0 Å². The van der Waals surface area contributed by atoms with Gasteiger partial charge in [0.25, 0.3) is 0 Å². The third-order valence-corrected chi connectivity index (χ3v) is 4.58. The summed E-state index contributed by atoms with van der Waals surface area (Å²) in [6.45, 7) is 3.27. The van der Waals surface area contributed by atoms with Gasteiger partial charge in [0.15, 0.2) is 5.16 Å². The highest BCUT2D eigenvalue weighted by Gasteiger charge is 2.23. The third kappa shape index (κ3) is 4.03. The van der Waals surface area contributed by atoms with Gasteiger partial charge in [-0.1, -0.05) is 37.9 Å². The van der Waals surface area contributed by atoms with Crippen LogP contribution in [0, 0.1) is 5.92 Å². The first-order valence-electron chi connectivity index (χ1n) is 6.75. The maximum absolute atomic E-state index is 4.27. The minimum Gasteiger partial charge on any atom is -0.340 e. The molecule has 0 bridgehead atoms. The predicted octanol–water partition coefficient (Wildman–Crippen LogP) is 3.06. The largest absolute Gasteiger partial charge is 0.340 e. The summed E-state index contributed by atoms with van der Waals surface area (Å²) in [7, 11) is 0. The van der Waals surface area contributed by atoms with E-state index in [4.69, 9.17) is 0 Å². The smallest absolute Gasteiger partial charge is 0.165 e. The average Bonchev–Trinajstić information content (AvgIpc) is 2.88. The molecule has 0 spiro atoms. The Kier molecular flexibility index (Phi) is 5.39. The van der Waals surface area contributed by atoms with Gasteiger partial charge in [-0.25, -0.2) is 4.98 Å². The van der Waals surface area contributed by atoms with Crippen LogP contribution < -0.4 is 5.32 Å². The van der Waals surface area contributed by atoms with Gasteiger partial charge < -0.3 is 10.3 Å². The molecule has 4 heteroatoms. The molecule has 17 heavy (non-hydrogen) atoms. The molecule has 2 N–H and O–H groups in total. The van der Waals surface area contributed by atoms with E-state index >= 15 is 0 Å². The Hall–Kier alpha value is -0.480. The van der Waals surface area contributed by atoms with E-state index in [1.165, 1.54) is 32.1 Å². The first kappa shape index (κ1) is 13.0. The lowest BCUT2D eigenvalue weighted by molar-refractivity contribution is 0.288. The van der Waals surface area contributed by atoms with Gasteiger partial charge in [-0.2, -0.15) is 0 Å². The second kappa shape index (κ2) is 7.07. The maximum Gasteiger partial charge on any atom is 0.165 e. The Bertz CT molecular complexity index is 294. The van der Waals surface area contributed by atoms with Gasteiger partial charge >= 0.3 is 0 Å². The number of nitrogens with zero attached hydrogens (tertiary/aromatic N) is 1. The van der Waals surface area contributed by atoms with E-state index in [1.807, 2.05) is 24.2 Å². The molecule has 1 heterocycles. The van der Waals surface area contributed by atoms with Gasteiger partial charge in [0.1, 0.15) is 0 Å². The van der Waals surface area contributed by atoms with Crippen LogP contribution >= 0.6 is 11.8 Å². The van der Waals surface area contributed by atoms with Gasteiger partial charge in [-0.3, -0.25) is 0 Å². The molecule has 1 aliphatic rings. The van der Waals surface area contributed by atoms with Crippen molar-refractivity contribution in [1.29, 1.82) is 0 Å². The molecule has 0 radical (unpaired) electrons. The quantitative estimate of drug-likeness (QED) is 0.766. The van der Waals surface area contributed by atoms with Gasteiger partial charge in [-0.15, -0.1) is 0 Å². The highest BCUT2D eigenvalue weighted by atomic mass is 32.2. The second-order valence-corrected chi connectivity index (χ2v) is 5.78. The van der Waals surface area contributed by atoms with E-state index in [1.54, 1.807) is 0 Å². The molecule has 1 unspecified atom stereocenters. The molecule has 1 aliphatic carbocycles. The highest BCUT2D eigenvalue weighted by molar-refractivity contribution is 7.99. The summed E-state index contributed by atoms with van der Waals surface area (Å²) in [6.07, 6.45) is 10.8. The van der Waals surface area contributed by atoms with E-state index in [0.717, 1.165) is 23.4 Å². The number of aromatic amines is 1. The Labute approximate surface area is 108 Å². The number of rotatable bonds is 6. The molecule has 0 aromatic carbocycles. The molecule has 0 aliphatic heterocycles. The monoisotopic (exact) mass is 253 g/mol. The Morgan fingerprint density at radius 1 is 1.47 bits per heavy atom.